The normalized spacial score (nSPS) is 28.8. The number of benzene rings is 1. The molecule has 1 spiro atoms. The molecule has 0 radical (unpaired) electrons. The molecular weight excluding hydrogens is 425 g/mol. The quantitative estimate of drug-likeness (QED) is 0.435. The second-order valence-electron chi connectivity index (χ2n) is 8.38. The number of carbonyl (C=O) groups is 4. The van der Waals surface area contributed by atoms with Gasteiger partial charge < -0.3 is 19.5 Å². The third-order valence-electron chi connectivity index (χ3n) is 6.35. The lowest BCUT2D eigenvalue weighted by atomic mass is 9.64. The molecule has 0 bridgehead atoms. The maximum atomic E-state index is 17.1. The number of anilines is 2. The summed E-state index contributed by atoms with van der Waals surface area (Å²) in [6.45, 7) is 4.57. The summed E-state index contributed by atoms with van der Waals surface area (Å²) in [6, 6.07) is 2.17. The van der Waals surface area contributed by atoms with E-state index in [9.17, 15) is 19.2 Å². The number of nitrogens with one attached hydrogen (secondary N) is 3. The van der Waals surface area contributed by atoms with Crippen LogP contribution >= 0.6 is 0 Å². The van der Waals surface area contributed by atoms with Gasteiger partial charge in [0.25, 0.3) is 0 Å². The third kappa shape index (κ3) is 2.46. The Morgan fingerprint density at radius 3 is 2.59 bits per heavy atom. The maximum Gasteiger partial charge on any atom is 0.328 e. The van der Waals surface area contributed by atoms with Crippen LogP contribution in [0.1, 0.15) is 26.3 Å². The van der Waals surface area contributed by atoms with Crippen molar-refractivity contribution in [2.45, 2.75) is 45.2 Å². The minimum atomic E-state index is -2.59. The topological polar surface area (TPSA) is 143 Å². The fraction of sp³-hybridized carbons (Fsp3) is 0.450. The number of barbiturate groups is 1. The number of carbonyl (C=O) groups excluding carboxylic acids is 4. The number of nitrogens with zero attached hydrogens (tertiary/aromatic N) is 2. The molecule has 2 unspecified atom stereocenters. The molecule has 2 aromatic rings. The zero-order valence-corrected chi connectivity index (χ0v) is 17.4. The lowest BCUT2D eigenvalue weighted by Crippen LogP contribution is -2.80. The van der Waals surface area contributed by atoms with Crippen LogP contribution in [0.3, 0.4) is 0 Å². The molecule has 3 N–H and O–H groups in total. The number of ether oxygens (including phenoxy) is 1. The maximum absolute atomic E-state index is 17.1. The molecule has 1 aromatic heterocycles. The highest BCUT2D eigenvalue weighted by Gasteiger charge is 2.73. The molecule has 11 nitrogen and oxygen atoms in total. The van der Waals surface area contributed by atoms with Crippen molar-refractivity contribution in [3.8, 4) is 0 Å². The molecule has 2 saturated heterocycles. The van der Waals surface area contributed by atoms with Gasteiger partial charge in [0.1, 0.15) is 6.10 Å². The van der Waals surface area contributed by atoms with Crippen molar-refractivity contribution in [2.24, 2.45) is 5.41 Å². The highest BCUT2D eigenvalue weighted by Crippen LogP contribution is 2.55. The van der Waals surface area contributed by atoms with E-state index in [1.54, 1.807) is 19.1 Å². The molecule has 5 amide bonds. The van der Waals surface area contributed by atoms with Crippen molar-refractivity contribution in [2.75, 3.05) is 16.8 Å². The smallest absolute Gasteiger partial charge is 0.328 e. The van der Waals surface area contributed by atoms with E-state index in [-0.39, 0.29) is 24.7 Å². The van der Waals surface area contributed by atoms with E-state index in [2.05, 4.69) is 10.5 Å². The summed E-state index contributed by atoms with van der Waals surface area (Å²) >= 11 is 0. The number of fused-ring (bicyclic) bond motifs is 5. The lowest BCUT2D eigenvalue weighted by molar-refractivity contribution is -0.189. The average Bonchev–Trinajstić information content (AvgIpc) is 3.07. The average molecular weight is 445 g/mol. The van der Waals surface area contributed by atoms with Crippen LogP contribution in [-0.2, 0) is 25.5 Å². The molecule has 3 atom stereocenters. The Morgan fingerprint density at radius 1 is 1.25 bits per heavy atom. The van der Waals surface area contributed by atoms with Crippen molar-refractivity contribution in [3.63, 3.8) is 0 Å². The van der Waals surface area contributed by atoms with E-state index in [0.29, 0.717) is 22.2 Å². The molecule has 1 aromatic carbocycles. The molecule has 12 heteroatoms. The number of alkyl halides is 1. The first-order valence-corrected chi connectivity index (χ1v) is 10.1. The number of imide groups is 2. The zero-order chi connectivity index (χ0) is 23.0. The zero-order valence-electron chi connectivity index (χ0n) is 17.4. The van der Waals surface area contributed by atoms with E-state index in [1.807, 2.05) is 10.6 Å². The highest BCUT2D eigenvalue weighted by atomic mass is 19.1. The Labute approximate surface area is 180 Å². The second kappa shape index (κ2) is 6.48. The molecule has 168 valence electrons. The number of aromatic nitrogens is 1. The monoisotopic (exact) mass is 445 g/mol. The van der Waals surface area contributed by atoms with Gasteiger partial charge in [-0.05, 0) is 25.5 Å². The highest BCUT2D eigenvalue weighted by molar-refractivity contribution is 6.21. The Balaban J connectivity index is 1.76. The lowest BCUT2D eigenvalue weighted by Gasteiger charge is -2.58. The van der Waals surface area contributed by atoms with Gasteiger partial charge in [0.15, 0.2) is 16.8 Å². The number of halogens is 1. The van der Waals surface area contributed by atoms with E-state index >= 15 is 4.39 Å². The van der Waals surface area contributed by atoms with Crippen molar-refractivity contribution in [1.29, 1.82) is 0 Å². The first-order valence-electron chi connectivity index (χ1n) is 10.1. The summed E-state index contributed by atoms with van der Waals surface area (Å²) in [5.41, 5.74) is -1.12. The Hall–Kier alpha value is -3.54. The van der Waals surface area contributed by atoms with Crippen LogP contribution in [0.4, 0.5) is 20.7 Å². The molecule has 0 aliphatic carbocycles. The molecule has 3 aliphatic heterocycles. The summed E-state index contributed by atoms with van der Waals surface area (Å²) in [6.07, 6.45) is -1.93. The van der Waals surface area contributed by atoms with E-state index in [1.165, 1.54) is 18.7 Å². The number of hydrogen-bond donors (Lipinski definition) is 3. The van der Waals surface area contributed by atoms with Gasteiger partial charge in [0.05, 0.1) is 11.5 Å². The number of rotatable bonds is 1. The van der Waals surface area contributed by atoms with Gasteiger partial charge in [-0.2, -0.15) is 0 Å². The summed E-state index contributed by atoms with van der Waals surface area (Å²) in [5, 5.41) is 10.9. The number of hydrogen-bond acceptors (Lipinski definition) is 8. The summed E-state index contributed by atoms with van der Waals surface area (Å²) in [4.78, 5) is 50.8. The number of amides is 5. The van der Waals surface area contributed by atoms with Gasteiger partial charge in [0, 0.05) is 31.6 Å². The summed E-state index contributed by atoms with van der Waals surface area (Å²) in [5.74, 6) is -4.87. The minimum Gasteiger partial charge on any atom is -0.368 e. The molecule has 5 rings (SSSR count). The SMILES string of the molecule is CC(=O)Nc1noc2cc3c(cc12)CC1(C(=O)NC(=O)NC1=O)C1(F)C(C)O[C@H](C)CN31. The number of morpholine rings is 1. The first-order chi connectivity index (χ1) is 15.1. The first kappa shape index (κ1) is 20.4. The van der Waals surface area contributed by atoms with Crippen molar-refractivity contribution in [1.82, 2.24) is 15.8 Å². The summed E-state index contributed by atoms with van der Waals surface area (Å²) < 4.78 is 28.1. The van der Waals surface area contributed by atoms with E-state index in [0.717, 1.165) is 0 Å². The Morgan fingerprint density at radius 2 is 1.94 bits per heavy atom. The van der Waals surface area contributed by atoms with Crippen molar-refractivity contribution < 1.29 is 32.8 Å². The predicted molar refractivity (Wildman–Crippen MR) is 107 cm³/mol. The van der Waals surface area contributed by atoms with Crippen LogP contribution in [0.15, 0.2) is 16.7 Å². The third-order valence-corrected chi connectivity index (χ3v) is 6.35. The van der Waals surface area contributed by atoms with E-state index < -0.39 is 41.3 Å². The molecule has 0 saturated carbocycles. The van der Waals surface area contributed by atoms with Gasteiger partial charge in [-0.25, -0.2) is 9.18 Å². The molecule has 2 fully saturated rings. The van der Waals surface area contributed by atoms with Crippen molar-refractivity contribution >= 4 is 46.2 Å². The van der Waals surface area contributed by atoms with Crippen LogP contribution in [0.5, 0.6) is 0 Å². The van der Waals surface area contributed by atoms with Crippen LogP contribution < -0.4 is 20.9 Å². The van der Waals surface area contributed by atoms with Crippen LogP contribution in [0.2, 0.25) is 0 Å². The van der Waals surface area contributed by atoms with Gasteiger partial charge in [-0.3, -0.25) is 25.0 Å². The Kier molecular flexibility index (Phi) is 4.13. The van der Waals surface area contributed by atoms with Gasteiger partial charge in [-0.15, -0.1) is 0 Å². The van der Waals surface area contributed by atoms with Gasteiger partial charge in [0.2, 0.25) is 23.5 Å². The molecular formula is C20H20FN5O6. The fourth-order valence-corrected chi connectivity index (χ4v) is 5.05. The van der Waals surface area contributed by atoms with Crippen LogP contribution in [0, 0.1) is 5.41 Å². The Bertz CT molecular complexity index is 1190. The van der Waals surface area contributed by atoms with Crippen LogP contribution in [-0.4, -0.2) is 53.5 Å². The summed E-state index contributed by atoms with van der Waals surface area (Å²) in [7, 11) is 0. The second-order valence-corrected chi connectivity index (χ2v) is 8.38. The molecule has 32 heavy (non-hydrogen) atoms. The predicted octanol–water partition coefficient (Wildman–Crippen LogP) is 0.974. The number of urea groups is 1. The van der Waals surface area contributed by atoms with Gasteiger partial charge in [-0.1, -0.05) is 5.16 Å². The van der Waals surface area contributed by atoms with Crippen molar-refractivity contribution in [3.05, 3.63) is 17.7 Å². The molecule has 3 aliphatic rings. The standard InChI is InChI=1S/C20H20FN5O6/c1-8-7-26-13-5-14-12(15(25-32-14)22-10(3)27)4-11(13)6-19(20(26,21)9(2)31-8)16(28)23-18(30)24-17(19)29/h4-5,8-9H,6-7H2,1-3H3,(H,22,25,27)(H2,23,24,28,29,30)/t8-,9?,20?/m1/s1. The van der Waals surface area contributed by atoms with E-state index in [4.69, 9.17) is 9.26 Å². The van der Waals surface area contributed by atoms with Gasteiger partial charge >= 0.3 is 6.03 Å². The minimum absolute atomic E-state index is 0.0439. The van der Waals surface area contributed by atoms with Crippen LogP contribution in [0.25, 0.3) is 11.0 Å². The molecule has 4 heterocycles. The largest absolute Gasteiger partial charge is 0.368 e. The fourth-order valence-electron chi connectivity index (χ4n) is 5.05.